The summed E-state index contributed by atoms with van der Waals surface area (Å²) in [4.78, 5) is 37.0. The van der Waals surface area contributed by atoms with Gasteiger partial charge in [-0.25, -0.2) is 19.4 Å². The van der Waals surface area contributed by atoms with Crippen LogP contribution in [0.3, 0.4) is 0 Å². The standard InChI is InChI=1S/C36H40FN9O3/c37-24-16-27(28(20-47)32(17-24)46-14-13-45-31-4-2-1-3-23(31)15-33(45)36(46)48)29(38)18-30(35-39-7-8-40-35)42-34-6-5-25(19-41-34)43-9-11-44(12-10-43)26-21-49-22-26/h5-8,15-19,26,47H,1-4,9-14,20-22,38H2,(H,39,40)/b29-18-,42-30?. The fourth-order valence-corrected chi connectivity index (χ4v) is 7.47. The summed E-state index contributed by atoms with van der Waals surface area (Å²) in [7, 11) is 0. The molecule has 3 aromatic heterocycles. The van der Waals surface area contributed by atoms with E-state index >= 15 is 4.39 Å². The first kappa shape index (κ1) is 31.4. The predicted molar refractivity (Wildman–Crippen MR) is 185 cm³/mol. The Morgan fingerprint density at radius 3 is 2.63 bits per heavy atom. The van der Waals surface area contributed by atoms with Gasteiger partial charge in [-0.2, -0.15) is 0 Å². The SMILES string of the molecule is N/C(=C\C(=Nc1ccc(N2CCN(C3COC3)CC2)cn1)c1ncc[nH]1)c1cc(F)cc(N2CCn3c(cc4c3CCCC4)C2=O)c1CO. The molecule has 0 saturated carbocycles. The summed E-state index contributed by atoms with van der Waals surface area (Å²) >= 11 is 0. The summed E-state index contributed by atoms with van der Waals surface area (Å²) in [5.74, 6) is 0.123. The number of anilines is 2. The number of fused-ring (bicyclic) bond motifs is 3. The minimum atomic E-state index is -0.567. The van der Waals surface area contributed by atoms with Crippen LogP contribution in [0.25, 0.3) is 5.70 Å². The molecule has 2 saturated heterocycles. The molecule has 1 aliphatic carbocycles. The van der Waals surface area contributed by atoms with Gasteiger partial charge in [0.2, 0.25) is 0 Å². The number of pyridine rings is 1. The number of halogens is 1. The molecule has 12 nitrogen and oxygen atoms in total. The van der Waals surface area contributed by atoms with Crippen LogP contribution in [0.5, 0.6) is 0 Å². The Kier molecular flexibility index (Phi) is 8.48. The van der Waals surface area contributed by atoms with Crippen LogP contribution in [0.4, 0.5) is 21.6 Å². The van der Waals surface area contributed by atoms with Gasteiger partial charge in [0.25, 0.3) is 5.91 Å². The summed E-state index contributed by atoms with van der Waals surface area (Å²) in [6, 6.07) is 8.95. The van der Waals surface area contributed by atoms with Gasteiger partial charge in [0, 0.05) is 74.2 Å². The van der Waals surface area contributed by atoms with Gasteiger partial charge in [0.05, 0.1) is 43.4 Å². The van der Waals surface area contributed by atoms with Crippen LogP contribution in [0.2, 0.25) is 0 Å². The van der Waals surface area contributed by atoms with Gasteiger partial charge in [-0.15, -0.1) is 0 Å². The molecule has 2 fully saturated rings. The zero-order valence-corrected chi connectivity index (χ0v) is 27.3. The Morgan fingerprint density at radius 1 is 1.08 bits per heavy atom. The molecule has 1 amide bonds. The second kappa shape index (κ2) is 13.2. The fraction of sp³-hybridized carbons (Fsp3) is 0.389. The maximum atomic E-state index is 15.3. The van der Waals surface area contributed by atoms with E-state index in [4.69, 9.17) is 15.5 Å². The lowest BCUT2D eigenvalue weighted by Crippen LogP contribution is -2.56. The van der Waals surface area contributed by atoms with Crippen molar-refractivity contribution in [3.8, 4) is 0 Å². The zero-order valence-electron chi connectivity index (χ0n) is 27.3. The zero-order chi connectivity index (χ0) is 33.5. The van der Waals surface area contributed by atoms with Gasteiger partial charge >= 0.3 is 0 Å². The van der Waals surface area contributed by atoms with Gasteiger partial charge in [0.15, 0.2) is 11.6 Å². The van der Waals surface area contributed by atoms with E-state index < -0.39 is 12.4 Å². The number of aromatic amines is 1. The predicted octanol–water partition coefficient (Wildman–Crippen LogP) is 3.42. The molecule has 0 unspecified atom stereocenters. The van der Waals surface area contributed by atoms with E-state index in [0.717, 1.165) is 70.8 Å². The number of allylic oxidation sites excluding steroid dienone is 1. The molecule has 4 aliphatic rings. The maximum Gasteiger partial charge on any atom is 0.274 e. The van der Waals surface area contributed by atoms with Crippen LogP contribution in [0, 0.1) is 5.82 Å². The fourth-order valence-electron chi connectivity index (χ4n) is 7.47. The van der Waals surface area contributed by atoms with Gasteiger partial charge < -0.3 is 34.9 Å². The van der Waals surface area contributed by atoms with Gasteiger partial charge in [-0.3, -0.25) is 9.69 Å². The summed E-state index contributed by atoms with van der Waals surface area (Å²) < 4.78 is 22.8. The van der Waals surface area contributed by atoms with Crippen molar-refractivity contribution in [1.82, 2.24) is 24.4 Å². The number of imidazole rings is 1. The summed E-state index contributed by atoms with van der Waals surface area (Å²) in [5, 5.41) is 10.6. The Balaban J connectivity index is 1.07. The number of nitrogens with zero attached hydrogens (tertiary/aromatic N) is 7. The number of piperazine rings is 1. The third kappa shape index (κ3) is 6.02. The lowest BCUT2D eigenvalue weighted by molar-refractivity contribution is -0.0660. The molecule has 8 rings (SSSR count). The molecular weight excluding hydrogens is 625 g/mol. The van der Waals surface area contributed by atoms with Crippen molar-refractivity contribution in [3.05, 3.63) is 94.7 Å². The van der Waals surface area contributed by atoms with E-state index in [9.17, 15) is 9.90 Å². The van der Waals surface area contributed by atoms with E-state index in [-0.39, 0.29) is 17.2 Å². The van der Waals surface area contributed by atoms with E-state index in [1.807, 2.05) is 24.4 Å². The summed E-state index contributed by atoms with van der Waals surface area (Å²) in [5.41, 5.74) is 12.2. The van der Waals surface area contributed by atoms with E-state index in [1.165, 1.54) is 23.4 Å². The number of aromatic nitrogens is 4. The lowest BCUT2D eigenvalue weighted by atomic mass is 9.98. The lowest BCUT2D eigenvalue weighted by Gasteiger charge is -2.43. The maximum absolute atomic E-state index is 15.3. The van der Waals surface area contributed by atoms with Crippen LogP contribution in [-0.4, -0.2) is 93.1 Å². The van der Waals surface area contributed by atoms with Crippen molar-refractivity contribution in [2.45, 2.75) is 44.9 Å². The Hall–Kier alpha value is -4.85. The number of aryl methyl sites for hydroxylation is 1. The number of rotatable bonds is 8. The molecule has 3 aliphatic heterocycles. The Morgan fingerprint density at radius 2 is 1.92 bits per heavy atom. The van der Waals surface area contributed by atoms with E-state index in [2.05, 4.69) is 29.3 Å². The second-order valence-corrected chi connectivity index (χ2v) is 13.0. The molecular formula is C36H40FN9O3. The topological polar surface area (TPSA) is 141 Å². The molecule has 0 atom stereocenters. The van der Waals surface area contributed by atoms with Crippen molar-refractivity contribution in [2.75, 3.05) is 55.7 Å². The van der Waals surface area contributed by atoms with E-state index in [0.29, 0.717) is 53.4 Å². The Bertz CT molecular complexity index is 1910. The highest BCUT2D eigenvalue weighted by Gasteiger charge is 2.32. The van der Waals surface area contributed by atoms with Gasteiger partial charge in [-0.05, 0) is 67.7 Å². The monoisotopic (exact) mass is 665 g/mol. The van der Waals surface area contributed by atoms with Crippen LogP contribution in [0.1, 0.15) is 51.5 Å². The number of aliphatic imine (C=N–C) groups is 1. The molecule has 0 radical (unpaired) electrons. The van der Waals surface area contributed by atoms with Crippen molar-refractivity contribution in [2.24, 2.45) is 10.7 Å². The number of ether oxygens (including phenoxy) is 1. The number of benzene rings is 1. The minimum Gasteiger partial charge on any atom is -0.398 e. The van der Waals surface area contributed by atoms with Gasteiger partial charge in [-0.1, -0.05) is 0 Å². The summed E-state index contributed by atoms with van der Waals surface area (Å²) in [6.07, 6.45) is 10.8. The largest absolute Gasteiger partial charge is 0.398 e. The molecule has 4 aromatic rings. The highest BCUT2D eigenvalue weighted by molar-refractivity contribution is 6.11. The molecule has 13 heteroatoms. The number of carbonyl (C=O) groups is 1. The average molecular weight is 666 g/mol. The molecule has 4 N–H and O–H groups in total. The molecule has 49 heavy (non-hydrogen) atoms. The van der Waals surface area contributed by atoms with Crippen molar-refractivity contribution in [3.63, 3.8) is 0 Å². The van der Waals surface area contributed by atoms with Gasteiger partial charge in [0.1, 0.15) is 17.2 Å². The first-order chi connectivity index (χ1) is 24.0. The van der Waals surface area contributed by atoms with Crippen LogP contribution < -0.4 is 15.5 Å². The van der Waals surface area contributed by atoms with Crippen LogP contribution >= 0.6 is 0 Å². The van der Waals surface area contributed by atoms with Crippen molar-refractivity contribution in [1.29, 1.82) is 0 Å². The van der Waals surface area contributed by atoms with Crippen LogP contribution in [-0.2, 0) is 30.7 Å². The second-order valence-electron chi connectivity index (χ2n) is 13.0. The number of amides is 1. The number of carbonyl (C=O) groups excluding carboxylic acids is 1. The quantitative estimate of drug-likeness (QED) is 0.243. The average Bonchev–Trinajstić information content (AvgIpc) is 3.77. The number of nitrogens with two attached hydrogens (primary N) is 1. The van der Waals surface area contributed by atoms with Crippen LogP contribution in [0.15, 0.2) is 60.0 Å². The molecule has 254 valence electrons. The third-order valence-corrected chi connectivity index (χ3v) is 10.2. The molecule has 1 aromatic carbocycles. The number of nitrogens with one attached hydrogen (secondary N) is 1. The molecule has 0 spiro atoms. The highest BCUT2D eigenvalue weighted by atomic mass is 19.1. The first-order valence-corrected chi connectivity index (χ1v) is 17.0. The molecule has 6 heterocycles. The van der Waals surface area contributed by atoms with Crippen molar-refractivity contribution >= 4 is 34.5 Å². The normalized spacial score (nSPS) is 19.2. The number of hydrogen-bond donors (Lipinski definition) is 3. The number of aliphatic hydroxyl groups is 1. The van der Waals surface area contributed by atoms with E-state index in [1.54, 1.807) is 23.4 Å². The minimum absolute atomic E-state index is 0.162. The molecule has 0 bridgehead atoms. The number of hydrogen-bond acceptors (Lipinski definition) is 9. The number of H-pyrrole nitrogens is 1. The number of aliphatic hydroxyl groups excluding tert-OH is 1. The smallest absolute Gasteiger partial charge is 0.274 e. The van der Waals surface area contributed by atoms with Crippen molar-refractivity contribution < 1.29 is 19.0 Å². The first-order valence-electron chi connectivity index (χ1n) is 17.0. The highest BCUT2D eigenvalue weighted by Crippen LogP contribution is 2.34. The Labute approximate surface area is 283 Å². The third-order valence-electron chi connectivity index (χ3n) is 10.2. The summed E-state index contributed by atoms with van der Waals surface area (Å²) in [6.45, 7) is 5.96.